The van der Waals surface area contributed by atoms with Crippen molar-refractivity contribution in [3.05, 3.63) is 71.8 Å². The molecule has 3 rings (SSSR count). The molecule has 1 aliphatic heterocycles. The molecule has 3 nitrogen and oxygen atoms in total. The van der Waals surface area contributed by atoms with Crippen molar-refractivity contribution in [1.82, 2.24) is 0 Å². The summed E-state index contributed by atoms with van der Waals surface area (Å²) in [6.45, 7) is 0. The van der Waals surface area contributed by atoms with Crippen LogP contribution in [0.1, 0.15) is 17.5 Å². The number of hydrogen-bond donors (Lipinski definition) is 0. The molecule has 118 valence electrons. The largest absolute Gasteiger partial charge is 0.405 e. The van der Waals surface area contributed by atoms with Gasteiger partial charge in [0.15, 0.2) is 5.54 Å². The normalized spacial score (nSPS) is 20.2. The third-order valence-corrected chi connectivity index (χ3v) is 4.58. The highest BCUT2D eigenvalue weighted by Crippen LogP contribution is 2.31. The van der Waals surface area contributed by atoms with Crippen molar-refractivity contribution in [3.8, 4) is 0 Å². The second-order valence-electron chi connectivity index (χ2n) is 5.61. The monoisotopic (exact) mass is 325 g/mol. The lowest BCUT2D eigenvalue weighted by molar-refractivity contribution is -0.139. The highest BCUT2D eigenvalue weighted by molar-refractivity contribution is 7.98. The lowest BCUT2D eigenvalue weighted by atomic mass is 9.89. The Morgan fingerprint density at radius 1 is 1.04 bits per heavy atom. The number of ether oxygens (including phenoxy) is 1. The maximum atomic E-state index is 12.6. The highest BCUT2D eigenvalue weighted by Gasteiger charge is 2.45. The van der Waals surface area contributed by atoms with E-state index in [4.69, 9.17) is 9.73 Å². The standard InChI is InChI=1S/C19H19NO2S/c1-23-13-12-19(14-15-8-4-2-5-9-15)18(21)22-17(20-19)16-10-6-3-7-11-16/h2-11H,12-14H2,1H3/t19-/m1/s1. The predicted molar refractivity (Wildman–Crippen MR) is 94.9 cm³/mol. The van der Waals surface area contributed by atoms with Crippen LogP contribution in [-0.4, -0.2) is 29.4 Å². The molecule has 0 saturated carbocycles. The molecular formula is C19H19NO2S. The summed E-state index contributed by atoms with van der Waals surface area (Å²) >= 11 is 1.72. The molecule has 0 bridgehead atoms. The third kappa shape index (κ3) is 3.48. The number of aliphatic imine (C=N–C) groups is 1. The molecule has 0 unspecified atom stereocenters. The molecular weight excluding hydrogens is 306 g/mol. The zero-order valence-electron chi connectivity index (χ0n) is 13.1. The van der Waals surface area contributed by atoms with Crippen LogP contribution in [0.15, 0.2) is 65.7 Å². The van der Waals surface area contributed by atoms with Crippen molar-refractivity contribution in [2.24, 2.45) is 4.99 Å². The van der Waals surface area contributed by atoms with Gasteiger partial charge < -0.3 is 4.74 Å². The molecule has 0 aromatic heterocycles. The lowest BCUT2D eigenvalue weighted by Gasteiger charge is -2.21. The van der Waals surface area contributed by atoms with Gasteiger partial charge in [0.25, 0.3) is 0 Å². The third-order valence-electron chi connectivity index (χ3n) is 3.96. The average Bonchev–Trinajstić information content (AvgIpc) is 2.92. The number of benzene rings is 2. The minimum Gasteiger partial charge on any atom is -0.405 e. The van der Waals surface area contributed by atoms with Crippen LogP contribution < -0.4 is 0 Å². The quantitative estimate of drug-likeness (QED) is 0.760. The van der Waals surface area contributed by atoms with Gasteiger partial charge in [-0.3, -0.25) is 0 Å². The van der Waals surface area contributed by atoms with Crippen molar-refractivity contribution in [2.75, 3.05) is 12.0 Å². The summed E-state index contributed by atoms with van der Waals surface area (Å²) in [6, 6.07) is 19.6. The van der Waals surface area contributed by atoms with Crippen LogP contribution in [0.2, 0.25) is 0 Å². The van der Waals surface area contributed by atoms with Crippen molar-refractivity contribution in [1.29, 1.82) is 0 Å². The predicted octanol–water partition coefficient (Wildman–Crippen LogP) is 3.72. The molecule has 0 aliphatic carbocycles. The van der Waals surface area contributed by atoms with E-state index in [9.17, 15) is 4.79 Å². The van der Waals surface area contributed by atoms with Gasteiger partial charge in [0.1, 0.15) is 0 Å². The molecule has 0 amide bonds. The lowest BCUT2D eigenvalue weighted by Crippen LogP contribution is -2.37. The Hall–Kier alpha value is -2.07. The summed E-state index contributed by atoms with van der Waals surface area (Å²) < 4.78 is 5.53. The van der Waals surface area contributed by atoms with Crippen molar-refractivity contribution < 1.29 is 9.53 Å². The molecule has 0 saturated heterocycles. The maximum absolute atomic E-state index is 12.6. The summed E-state index contributed by atoms with van der Waals surface area (Å²) in [5.41, 5.74) is 1.14. The second kappa shape index (κ2) is 7.01. The first-order valence-corrected chi connectivity index (χ1v) is 9.03. The first-order chi connectivity index (χ1) is 11.2. The molecule has 0 radical (unpaired) electrons. The highest BCUT2D eigenvalue weighted by atomic mass is 32.2. The zero-order chi connectivity index (χ0) is 16.1. The smallest absolute Gasteiger partial charge is 0.341 e. The van der Waals surface area contributed by atoms with Gasteiger partial charge in [-0.25, -0.2) is 9.79 Å². The van der Waals surface area contributed by atoms with Gasteiger partial charge in [0, 0.05) is 12.0 Å². The number of carbonyl (C=O) groups excluding carboxylic acids is 1. The molecule has 0 spiro atoms. The van der Waals surface area contributed by atoms with Crippen LogP contribution in [0, 0.1) is 0 Å². The molecule has 1 atom stereocenters. The van der Waals surface area contributed by atoms with E-state index in [1.165, 1.54) is 0 Å². The number of cyclic esters (lactones) is 1. The maximum Gasteiger partial charge on any atom is 0.341 e. The zero-order valence-corrected chi connectivity index (χ0v) is 13.9. The van der Waals surface area contributed by atoms with Crippen molar-refractivity contribution in [2.45, 2.75) is 18.4 Å². The van der Waals surface area contributed by atoms with Gasteiger partial charge in [-0.05, 0) is 36.1 Å². The second-order valence-corrected chi connectivity index (χ2v) is 6.59. The minimum absolute atomic E-state index is 0.241. The molecule has 2 aromatic carbocycles. The van der Waals surface area contributed by atoms with E-state index in [0.717, 1.165) is 16.9 Å². The average molecular weight is 325 g/mol. The van der Waals surface area contributed by atoms with Crippen LogP contribution in [-0.2, 0) is 16.0 Å². The molecule has 0 N–H and O–H groups in total. The van der Waals surface area contributed by atoms with Gasteiger partial charge in [-0.1, -0.05) is 48.5 Å². The van der Waals surface area contributed by atoms with Gasteiger partial charge >= 0.3 is 5.97 Å². The van der Waals surface area contributed by atoms with Crippen molar-refractivity contribution in [3.63, 3.8) is 0 Å². The van der Waals surface area contributed by atoms with E-state index < -0.39 is 5.54 Å². The fourth-order valence-electron chi connectivity index (χ4n) is 2.71. The first kappa shape index (κ1) is 15.8. The van der Waals surface area contributed by atoms with Gasteiger partial charge in [0.2, 0.25) is 5.90 Å². The topological polar surface area (TPSA) is 38.7 Å². The molecule has 0 fully saturated rings. The van der Waals surface area contributed by atoms with Crippen LogP contribution >= 0.6 is 11.8 Å². The van der Waals surface area contributed by atoms with Crippen LogP contribution in [0.5, 0.6) is 0 Å². The minimum atomic E-state index is -0.810. The van der Waals surface area contributed by atoms with E-state index in [-0.39, 0.29) is 5.97 Å². The van der Waals surface area contributed by atoms with E-state index in [1.807, 2.05) is 66.9 Å². The summed E-state index contributed by atoms with van der Waals surface area (Å²) in [5, 5.41) is 0. The van der Waals surface area contributed by atoms with E-state index in [0.29, 0.717) is 18.7 Å². The number of hydrogen-bond acceptors (Lipinski definition) is 4. The number of esters is 1. The Bertz CT molecular complexity index is 700. The Kier molecular flexibility index (Phi) is 4.82. The molecule has 2 aromatic rings. The summed E-state index contributed by atoms with van der Waals surface area (Å²) in [6.07, 6.45) is 3.29. The van der Waals surface area contributed by atoms with Gasteiger partial charge in [-0.15, -0.1) is 0 Å². The van der Waals surface area contributed by atoms with E-state index in [2.05, 4.69) is 0 Å². The summed E-state index contributed by atoms with van der Waals surface area (Å²) in [7, 11) is 0. The van der Waals surface area contributed by atoms with Crippen LogP contribution in [0.4, 0.5) is 0 Å². The fourth-order valence-corrected chi connectivity index (χ4v) is 3.25. The van der Waals surface area contributed by atoms with Crippen LogP contribution in [0.25, 0.3) is 0 Å². The number of thioether (sulfide) groups is 1. The van der Waals surface area contributed by atoms with Gasteiger partial charge in [0.05, 0.1) is 0 Å². The molecule has 1 aliphatic rings. The molecule has 1 heterocycles. The van der Waals surface area contributed by atoms with Crippen molar-refractivity contribution >= 4 is 23.6 Å². The Balaban J connectivity index is 1.94. The molecule has 23 heavy (non-hydrogen) atoms. The molecule has 4 heteroatoms. The van der Waals surface area contributed by atoms with E-state index >= 15 is 0 Å². The summed E-state index contributed by atoms with van der Waals surface area (Å²) in [5.74, 6) is 1.06. The SMILES string of the molecule is CSCC[C@]1(Cc2ccccc2)N=C(c2ccccc2)OC1=O. The van der Waals surface area contributed by atoms with E-state index in [1.54, 1.807) is 11.8 Å². The van der Waals surface area contributed by atoms with Gasteiger partial charge in [-0.2, -0.15) is 11.8 Å². The Morgan fingerprint density at radius 3 is 2.35 bits per heavy atom. The Morgan fingerprint density at radius 2 is 1.70 bits per heavy atom. The number of rotatable bonds is 6. The van der Waals surface area contributed by atoms with Crippen LogP contribution in [0.3, 0.4) is 0 Å². The summed E-state index contributed by atoms with van der Waals surface area (Å²) in [4.78, 5) is 17.4. The number of carbonyl (C=O) groups is 1. The Labute approximate surface area is 140 Å². The fraction of sp³-hybridized carbons (Fsp3) is 0.263. The first-order valence-electron chi connectivity index (χ1n) is 7.64. The number of nitrogens with zero attached hydrogens (tertiary/aromatic N) is 1.